The number of piperidine rings is 1. The van der Waals surface area contributed by atoms with E-state index in [0.717, 1.165) is 25.2 Å². The number of hydrogen-bond donors (Lipinski definition) is 1. The molecule has 2 rings (SSSR count). The molecule has 1 unspecified atom stereocenters. The molecular formula is C14H21N3O. The maximum absolute atomic E-state index is 12.1. The fourth-order valence-electron chi connectivity index (χ4n) is 2.28. The van der Waals surface area contributed by atoms with E-state index in [1.54, 1.807) is 0 Å². The zero-order valence-electron chi connectivity index (χ0n) is 11.1. The highest BCUT2D eigenvalue weighted by Gasteiger charge is 2.24. The Morgan fingerprint density at radius 2 is 2.06 bits per heavy atom. The Kier molecular flexibility index (Phi) is 4.20. The van der Waals surface area contributed by atoms with Gasteiger partial charge in [-0.15, -0.1) is 0 Å². The molecule has 0 bridgehead atoms. The molecule has 0 aromatic heterocycles. The Labute approximate surface area is 109 Å². The van der Waals surface area contributed by atoms with Gasteiger partial charge in [-0.05, 0) is 39.1 Å². The Morgan fingerprint density at radius 3 is 2.72 bits per heavy atom. The highest BCUT2D eigenvalue weighted by molar-refractivity contribution is 5.89. The molecule has 1 fully saturated rings. The third-order valence-corrected chi connectivity index (χ3v) is 3.44. The van der Waals surface area contributed by atoms with Gasteiger partial charge in [0.05, 0.1) is 0 Å². The topological polar surface area (TPSA) is 35.6 Å². The van der Waals surface area contributed by atoms with E-state index in [0.29, 0.717) is 6.04 Å². The molecule has 0 spiro atoms. The average molecular weight is 247 g/mol. The Morgan fingerprint density at radius 1 is 1.33 bits per heavy atom. The van der Waals surface area contributed by atoms with Crippen LogP contribution in [0.25, 0.3) is 0 Å². The summed E-state index contributed by atoms with van der Waals surface area (Å²) in [5.41, 5.74) is 0.856. The molecule has 1 heterocycles. The molecule has 4 nitrogen and oxygen atoms in total. The van der Waals surface area contributed by atoms with Crippen LogP contribution in [0.4, 0.5) is 10.5 Å². The van der Waals surface area contributed by atoms with Gasteiger partial charge in [0.15, 0.2) is 0 Å². The summed E-state index contributed by atoms with van der Waals surface area (Å²) >= 11 is 0. The second-order valence-corrected chi connectivity index (χ2v) is 5.00. The maximum Gasteiger partial charge on any atom is 0.321 e. The first-order valence-electron chi connectivity index (χ1n) is 6.44. The first kappa shape index (κ1) is 12.9. The average Bonchev–Trinajstić information content (AvgIpc) is 2.40. The summed E-state index contributed by atoms with van der Waals surface area (Å²) in [7, 11) is 4.15. The quantitative estimate of drug-likeness (QED) is 0.870. The molecule has 1 aromatic rings. The molecule has 1 N–H and O–H groups in total. The van der Waals surface area contributed by atoms with Crippen LogP contribution in [0, 0.1) is 0 Å². The maximum atomic E-state index is 12.1. The van der Waals surface area contributed by atoms with Crippen LogP contribution >= 0.6 is 0 Å². The molecule has 1 atom stereocenters. The van der Waals surface area contributed by atoms with Crippen LogP contribution in [-0.2, 0) is 0 Å². The number of anilines is 1. The standard InChI is InChI=1S/C14H21N3O/c1-16(2)13-9-6-10-17(11-13)14(18)15-12-7-4-3-5-8-12/h3-5,7-8,13H,6,9-11H2,1-2H3,(H,15,18). The number of urea groups is 1. The van der Waals surface area contributed by atoms with Crippen LogP contribution in [0.1, 0.15) is 12.8 Å². The smallest absolute Gasteiger partial charge is 0.321 e. The van der Waals surface area contributed by atoms with Crippen molar-refractivity contribution in [3.63, 3.8) is 0 Å². The summed E-state index contributed by atoms with van der Waals surface area (Å²) in [6.45, 7) is 1.66. The number of nitrogens with one attached hydrogen (secondary N) is 1. The van der Waals surface area contributed by atoms with Gasteiger partial charge in [0.2, 0.25) is 0 Å². The molecule has 1 aliphatic heterocycles. The SMILES string of the molecule is CN(C)C1CCCN(C(=O)Nc2ccccc2)C1. The summed E-state index contributed by atoms with van der Waals surface area (Å²) in [5.74, 6) is 0. The molecule has 0 aliphatic carbocycles. The van der Waals surface area contributed by atoms with Crippen LogP contribution in [0.5, 0.6) is 0 Å². The lowest BCUT2D eigenvalue weighted by molar-refractivity contribution is 0.148. The van der Waals surface area contributed by atoms with Crippen LogP contribution in [0.2, 0.25) is 0 Å². The number of amides is 2. The number of hydrogen-bond acceptors (Lipinski definition) is 2. The van der Waals surface area contributed by atoms with Gasteiger partial charge in [0, 0.05) is 24.8 Å². The molecule has 1 aliphatic rings. The summed E-state index contributed by atoms with van der Waals surface area (Å²) in [5, 5.41) is 2.94. The molecule has 1 saturated heterocycles. The van der Waals surface area contributed by atoms with Gasteiger partial charge < -0.3 is 15.1 Å². The van der Waals surface area contributed by atoms with Crippen LogP contribution in [-0.4, -0.2) is 49.1 Å². The van der Waals surface area contributed by atoms with E-state index in [-0.39, 0.29) is 6.03 Å². The lowest BCUT2D eigenvalue weighted by atomic mass is 10.1. The van der Waals surface area contributed by atoms with E-state index in [1.165, 1.54) is 6.42 Å². The number of carbonyl (C=O) groups excluding carboxylic acids is 1. The van der Waals surface area contributed by atoms with Crippen molar-refractivity contribution < 1.29 is 4.79 Å². The number of benzene rings is 1. The van der Waals surface area contributed by atoms with Gasteiger partial charge >= 0.3 is 6.03 Å². The van der Waals surface area contributed by atoms with Crippen molar-refractivity contribution in [3.8, 4) is 0 Å². The van der Waals surface area contributed by atoms with Crippen molar-refractivity contribution in [2.75, 3.05) is 32.5 Å². The normalized spacial score (nSPS) is 19.9. The van der Waals surface area contributed by atoms with Gasteiger partial charge in [-0.25, -0.2) is 4.79 Å². The highest BCUT2D eigenvalue weighted by Crippen LogP contribution is 2.15. The first-order valence-corrected chi connectivity index (χ1v) is 6.44. The predicted molar refractivity (Wildman–Crippen MR) is 73.7 cm³/mol. The van der Waals surface area contributed by atoms with Crippen molar-refractivity contribution in [1.82, 2.24) is 9.80 Å². The van der Waals surface area contributed by atoms with E-state index in [4.69, 9.17) is 0 Å². The van der Waals surface area contributed by atoms with Crippen LogP contribution in [0.15, 0.2) is 30.3 Å². The van der Waals surface area contributed by atoms with Gasteiger partial charge in [-0.1, -0.05) is 18.2 Å². The van der Waals surface area contributed by atoms with Crippen molar-refractivity contribution >= 4 is 11.7 Å². The fourth-order valence-corrected chi connectivity index (χ4v) is 2.28. The lowest BCUT2D eigenvalue weighted by Crippen LogP contribution is -2.48. The second-order valence-electron chi connectivity index (χ2n) is 5.00. The minimum atomic E-state index is 0.00718. The summed E-state index contributed by atoms with van der Waals surface area (Å²) in [6, 6.07) is 10.1. The minimum absolute atomic E-state index is 0.00718. The zero-order chi connectivity index (χ0) is 13.0. The van der Waals surface area contributed by atoms with E-state index >= 15 is 0 Å². The van der Waals surface area contributed by atoms with Gasteiger partial charge in [-0.3, -0.25) is 0 Å². The minimum Gasteiger partial charge on any atom is -0.323 e. The number of likely N-dealkylation sites (tertiary alicyclic amines) is 1. The fraction of sp³-hybridized carbons (Fsp3) is 0.500. The number of carbonyl (C=O) groups is 1. The van der Waals surface area contributed by atoms with E-state index in [1.807, 2.05) is 35.2 Å². The van der Waals surface area contributed by atoms with Crippen molar-refractivity contribution in [3.05, 3.63) is 30.3 Å². The molecule has 18 heavy (non-hydrogen) atoms. The Balaban J connectivity index is 1.93. The third-order valence-electron chi connectivity index (χ3n) is 3.44. The summed E-state index contributed by atoms with van der Waals surface area (Å²) in [4.78, 5) is 16.2. The molecule has 0 saturated carbocycles. The van der Waals surface area contributed by atoms with Crippen molar-refractivity contribution in [2.45, 2.75) is 18.9 Å². The number of nitrogens with zero attached hydrogens (tertiary/aromatic N) is 2. The monoisotopic (exact) mass is 247 g/mol. The number of para-hydroxylation sites is 1. The van der Waals surface area contributed by atoms with Gasteiger partial charge in [-0.2, -0.15) is 0 Å². The van der Waals surface area contributed by atoms with Crippen LogP contribution < -0.4 is 5.32 Å². The first-order chi connectivity index (χ1) is 8.66. The molecule has 1 aromatic carbocycles. The zero-order valence-corrected chi connectivity index (χ0v) is 11.1. The van der Waals surface area contributed by atoms with Gasteiger partial charge in [0.1, 0.15) is 0 Å². The summed E-state index contributed by atoms with van der Waals surface area (Å²) < 4.78 is 0. The van der Waals surface area contributed by atoms with Crippen LogP contribution in [0.3, 0.4) is 0 Å². The van der Waals surface area contributed by atoms with Crippen molar-refractivity contribution in [2.24, 2.45) is 0 Å². The highest BCUT2D eigenvalue weighted by atomic mass is 16.2. The molecule has 0 radical (unpaired) electrons. The Bertz CT molecular complexity index is 391. The summed E-state index contributed by atoms with van der Waals surface area (Å²) in [6.07, 6.45) is 2.24. The van der Waals surface area contributed by atoms with E-state index in [2.05, 4.69) is 24.3 Å². The molecular weight excluding hydrogens is 226 g/mol. The number of rotatable bonds is 2. The largest absolute Gasteiger partial charge is 0.323 e. The third kappa shape index (κ3) is 3.23. The van der Waals surface area contributed by atoms with E-state index < -0.39 is 0 Å². The van der Waals surface area contributed by atoms with E-state index in [9.17, 15) is 4.79 Å². The number of likely N-dealkylation sites (N-methyl/N-ethyl adjacent to an activating group) is 1. The second kappa shape index (κ2) is 5.87. The predicted octanol–water partition coefficient (Wildman–Crippen LogP) is 2.24. The molecule has 4 heteroatoms. The lowest BCUT2D eigenvalue weighted by Gasteiger charge is -2.36. The van der Waals surface area contributed by atoms with Gasteiger partial charge in [0.25, 0.3) is 0 Å². The Hall–Kier alpha value is -1.55. The molecule has 2 amide bonds. The molecule has 98 valence electrons. The van der Waals surface area contributed by atoms with Crippen molar-refractivity contribution in [1.29, 1.82) is 0 Å².